The lowest BCUT2D eigenvalue weighted by atomic mass is 9.97. The van der Waals surface area contributed by atoms with Gasteiger partial charge in [-0.05, 0) is 58.7 Å². The van der Waals surface area contributed by atoms with Crippen LogP contribution in [-0.2, 0) is 21.4 Å². The molecule has 1 unspecified atom stereocenters. The van der Waals surface area contributed by atoms with Crippen LogP contribution in [0, 0.1) is 19.8 Å². The van der Waals surface area contributed by atoms with E-state index in [1.165, 1.54) is 4.31 Å². The minimum atomic E-state index is -3.66. The summed E-state index contributed by atoms with van der Waals surface area (Å²) in [5.41, 5.74) is 2.94. The molecular formula is C26H32N4O4S. The summed E-state index contributed by atoms with van der Waals surface area (Å²) in [7, 11) is -3.66. The SMILES string of the molecule is Cc1ccc(S(=O)(=O)N2CCCC(C(=O)N(Cc3nc(-c4cccc(C)c4)no3)C(C)C)C2)cc1. The summed E-state index contributed by atoms with van der Waals surface area (Å²) in [5, 5.41) is 4.08. The minimum Gasteiger partial charge on any atom is -0.337 e. The maximum Gasteiger partial charge on any atom is 0.246 e. The van der Waals surface area contributed by atoms with Crippen LogP contribution in [0.15, 0.2) is 57.9 Å². The molecule has 2 aromatic carbocycles. The highest BCUT2D eigenvalue weighted by molar-refractivity contribution is 7.89. The Morgan fingerprint density at radius 2 is 1.89 bits per heavy atom. The van der Waals surface area contributed by atoms with Gasteiger partial charge in [0.2, 0.25) is 27.6 Å². The number of nitrogens with zero attached hydrogens (tertiary/aromatic N) is 4. The van der Waals surface area contributed by atoms with E-state index in [0.717, 1.165) is 16.7 Å². The van der Waals surface area contributed by atoms with Crippen molar-refractivity contribution in [1.82, 2.24) is 19.3 Å². The predicted octanol–water partition coefficient (Wildman–Crippen LogP) is 4.19. The smallest absolute Gasteiger partial charge is 0.246 e. The number of aryl methyl sites for hydroxylation is 2. The van der Waals surface area contributed by atoms with E-state index < -0.39 is 15.9 Å². The van der Waals surface area contributed by atoms with Gasteiger partial charge < -0.3 is 9.42 Å². The van der Waals surface area contributed by atoms with Gasteiger partial charge in [-0.2, -0.15) is 9.29 Å². The van der Waals surface area contributed by atoms with E-state index >= 15 is 0 Å². The molecule has 0 N–H and O–H groups in total. The fourth-order valence-electron chi connectivity index (χ4n) is 4.34. The van der Waals surface area contributed by atoms with Crippen LogP contribution < -0.4 is 0 Å². The first kappa shape index (κ1) is 25.1. The molecule has 2 heterocycles. The van der Waals surface area contributed by atoms with E-state index in [-0.39, 0.29) is 29.9 Å². The molecule has 1 aliphatic rings. The van der Waals surface area contributed by atoms with Gasteiger partial charge in [0.05, 0.1) is 10.8 Å². The average Bonchev–Trinajstić information content (AvgIpc) is 3.31. The maximum atomic E-state index is 13.5. The molecule has 3 aromatic rings. The first-order valence-corrected chi connectivity index (χ1v) is 13.4. The zero-order valence-corrected chi connectivity index (χ0v) is 21.5. The number of benzene rings is 2. The lowest BCUT2D eigenvalue weighted by Gasteiger charge is -2.35. The van der Waals surface area contributed by atoms with Crippen molar-refractivity contribution < 1.29 is 17.7 Å². The predicted molar refractivity (Wildman–Crippen MR) is 133 cm³/mol. The standard InChI is InChI=1S/C26H32N4O4S/c1-18(2)30(17-24-27-25(28-34-24)21-8-5-7-20(4)15-21)26(31)22-9-6-14-29(16-22)35(32,33)23-12-10-19(3)11-13-23/h5,7-8,10-13,15,18,22H,6,9,14,16-17H2,1-4H3. The Hall–Kier alpha value is -3.04. The lowest BCUT2D eigenvalue weighted by molar-refractivity contribution is -0.139. The van der Waals surface area contributed by atoms with Gasteiger partial charge in [0.25, 0.3) is 0 Å². The molecule has 0 bridgehead atoms. The van der Waals surface area contributed by atoms with Crippen LogP contribution in [-0.4, -0.2) is 52.8 Å². The molecule has 0 radical (unpaired) electrons. The molecule has 0 aliphatic carbocycles. The van der Waals surface area contributed by atoms with Gasteiger partial charge >= 0.3 is 0 Å². The molecule has 8 nitrogen and oxygen atoms in total. The van der Waals surface area contributed by atoms with Gasteiger partial charge in [0.15, 0.2) is 0 Å². The van der Waals surface area contributed by atoms with Crippen LogP contribution in [0.1, 0.15) is 43.7 Å². The second-order valence-electron chi connectivity index (χ2n) is 9.46. The van der Waals surface area contributed by atoms with Crippen LogP contribution in [0.5, 0.6) is 0 Å². The quantitative estimate of drug-likeness (QED) is 0.487. The van der Waals surface area contributed by atoms with Gasteiger partial charge in [-0.25, -0.2) is 8.42 Å². The molecule has 1 aliphatic heterocycles. The molecule has 0 spiro atoms. The Bertz CT molecular complexity index is 1280. The Labute approximate surface area is 207 Å². The first-order chi connectivity index (χ1) is 16.6. The van der Waals surface area contributed by atoms with E-state index in [0.29, 0.717) is 31.1 Å². The Kier molecular flexibility index (Phi) is 7.37. The average molecular weight is 497 g/mol. The highest BCUT2D eigenvalue weighted by atomic mass is 32.2. The molecule has 35 heavy (non-hydrogen) atoms. The molecule has 186 valence electrons. The van der Waals surface area contributed by atoms with Crippen molar-refractivity contribution in [2.45, 2.75) is 58.0 Å². The van der Waals surface area contributed by atoms with Gasteiger partial charge in [-0.1, -0.05) is 46.6 Å². The molecule has 9 heteroatoms. The highest BCUT2D eigenvalue weighted by Gasteiger charge is 2.36. The van der Waals surface area contributed by atoms with Crippen molar-refractivity contribution in [2.24, 2.45) is 5.92 Å². The van der Waals surface area contributed by atoms with E-state index in [2.05, 4.69) is 10.1 Å². The number of amides is 1. The monoisotopic (exact) mass is 496 g/mol. The number of hydrogen-bond donors (Lipinski definition) is 0. The topological polar surface area (TPSA) is 96.6 Å². The third-order valence-electron chi connectivity index (χ3n) is 6.35. The van der Waals surface area contributed by atoms with Gasteiger partial charge in [-0.15, -0.1) is 0 Å². The van der Waals surface area contributed by atoms with Crippen LogP contribution in [0.2, 0.25) is 0 Å². The molecule has 0 saturated carbocycles. The summed E-state index contributed by atoms with van der Waals surface area (Å²) in [6.45, 7) is 8.52. The van der Waals surface area contributed by atoms with Crippen molar-refractivity contribution in [2.75, 3.05) is 13.1 Å². The zero-order valence-electron chi connectivity index (χ0n) is 20.6. The fraction of sp³-hybridized carbons (Fsp3) is 0.423. The van der Waals surface area contributed by atoms with Crippen molar-refractivity contribution >= 4 is 15.9 Å². The zero-order chi connectivity index (χ0) is 25.2. The number of hydrogen-bond acceptors (Lipinski definition) is 6. The highest BCUT2D eigenvalue weighted by Crippen LogP contribution is 2.27. The number of carbonyl (C=O) groups is 1. The summed E-state index contributed by atoms with van der Waals surface area (Å²) in [6, 6.07) is 14.5. The second-order valence-corrected chi connectivity index (χ2v) is 11.4. The molecular weight excluding hydrogens is 464 g/mol. The van der Waals surface area contributed by atoms with Crippen molar-refractivity contribution in [3.63, 3.8) is 0 Å². The number of piperidine rings is 1. The summed E-state index contributed by atoms with van der Waals surface area (Å²) in [4.78, 5) is 20.0. The number of carbonyl (C=O) groups excluding carboxylic acids is 1. The van der Waals surface area contributed by atoms with Crippen molar-refractivity contribution in [3.8, 4) is 11.4 Å². The summed E-state index contributed by atoms with van der Waals surface area (Å²) >= 11 is 0. The molecule has 4 rings (SSSR count). The molecule has 1 fully saturated rings. The van der Waals surface area contributed by atoms with Crippen molar-refractivity contribution in [3.05, 3.63) is 65.5 Å². The Balaban J connectivity index is 1.49. The van der Waals surface area contributed by atoms with Crippen LogP contribution >= 0.6 is 0 Å². The summed E-state index contributed by atoms with van der Waals surface area (Å²) in [6.07, 6.45) is 1.27. The third kappa shape index (κ3) is 5.62. The van der Waals surface area contributed by atoms with E-state index in [4.69, 9.17) is 4.52 Å². The Morgan fingerprint density at radius 1 is 1.14 bits per heavy atom. The van der Waals surface area contributed by atoms with E-state index in [9.17, 15) is 13.2 Å². The summed E-state index contributed by atoms with van der Waals surface area (Å²) in [5.74, 6) is 0.307. The number of sulfonamides is 1. The largest absolute Gasteiger partial charge is 0.337 e. The molecule has 1 amide bonds. The van der Waals surface area contributed by atoms with Crippen LogP contribution in [0.4, 0.5) is 0 Å². The second kappa shape index (κ2) is 10.3. The fourth-order valence-corrected chi connectivity index (χ4v) is 5.86. The van der Waals surface area contributed by atoms with Crippen LogP contribution in [0.3, 0.4) is 0 Å². The van der Waals surface area contributed by atoms with Gasteiger partial charge in [-0.3, -0.25) is 4.79 Å². The maximum absolute atomic E-state index is 13.5. The molecule has 1 saturated heterocycles. The summed E-state index contributed by atoms with van der Waals surface area (Å²) < 4.78 is 33.3. The van der Waals surface area contributed by atoms with E-state index in [1.54, 1.807) is 29.2 Å². The number of rotatable bonds is 7. The van der Waals surface area contributed by atoms with E-state index in [1.807, 2.05) is 52.0 Å². The number of aromatic nitrogens is 2. The molecule has 1 aromatic heterocycles. The van der Waals surface area contributed by atoms with Crippen molar-refractivity contribution in [1.29, 1.82) is 0 Å². The third-order valence-corrected chi connectivity index (χ3v) is 8.23. The lowest BCUT2D eigenvalue weighted by Crippen LogP contribution is -2.48. The first-order valence-electron chi connectivity index (χ1n) is 11.9. The minimum absolute atomic E-state index is 0.0980. The normalized spacial score (nSPS) is 17.0. The Morgan fingerprint density at radius 3 is 2.57 bits per heavy atom. The van der Waals surface area contributed by atoms with Crippen LogP contribution in [0.25, 0.3) is 11.4 Å². The molecule has 1 atom stereocenters. The van der Waals surface area contributed by atoms with Gasteiger partial charge in [0, 0.05) is 24.7 Å². The van der Waals surface area contributed by atoms with Gasteiger partial charge in [0.1, 0.15) is 6.54 Å².